The Morgan fingerprint density at radius 1 is 1.15 bits per heavy atom. The van der Waals surface area contributed by atoms with Crippen molar-refractivity contribution in [1.29, 1.82) is 0 Å². The summed E-state index contributed by atoms with van der Waals surface area (Å²) in [5.41, 5.74) is 4.02. The summed E-state index contributed by atoms with van der Waals surface area (Å²) in [4.78, 5) is 26.8. The zero-order chi connectivity index (χ0) is 18.7. The molecule has 136 valence electrons. The predicted molar refractivity (Wildman–Crippen MR) is 103 cm³/mol. The van der Waals surface area contributed by atoms with Crippen LogP contribution in [0.2, 0.25) is 5.02 Å². The third-order valence-corrected chi connectivity index (χ3v) is 5.34. The summed E-state index contributed by atoms with van der Waals surface area (Å²) in [5, 5.41) is 3.08. The molecular formula is C21H23ClN2O2. The fraction of sp³-hybridized carbons (Fsp3) is 0.333. The summed E-state index contributed by atoms with van der Waals surface area (Å²) >= 11 is 6.04. The van der Waals surface area contributed by atoms with Crippen LogP contribution in [0.15, 0.2) is 42.5 Å². The molecule has 1 fully saturated rings. The molecule has 0 radical (unpaired) electrons. The van der Waals surface area contributed by atoms with Gasteiger partial charge in [-0.1, -0.05) is 41.9 Å². The van der Waals surface area contributed by atoms with Crippen LogP contribution in [0.1, 0.15) is 45.9 Å². The molecule has 0 spiro atoms. The van der Waals surface area contributed by atoms with E-state index in [-0.39, 0.29) is 24.4 Å². The molecule has 1 aliphatic rings. The van der Waals surface area contributed by atoms with Crippen LogP contribution in [0.3, 0.4) is 0 Å². The molecule has 1 aliphatic heterocycles. The Bertz CT molecular complexity index is 835. The molecule has 1 saturated heterocycles. The third-order valence-electron chi connectivity index (χ3n) is 5.01. The van der Waals surface area contributed by atoms with E-state index >= 15 is 0 Å². The first-order valence-corrected chi connectivity index (χ1v) is 9.24. The van der Waals surface area contributed by atoms with Gasteiger partial charge in [0, 0.05) is 6.54 Å². The van der Waals surface area contributed by atoms with Crippen molar-refractivity contribution in [3.05, 3.63) is 69.7 Å². The van der Waals surface area contributed by atoms with E-state index in [2.05, 4.69) is 37.4 Å². The maximum atomic E-state index is 12.7. The van der Waals surface area contributed by atoms with E-state index < -0.39 is 0 Å². The van der Waals surface area contributed by atoms with E-state index in [9.17, 15) is 9.59 Å². The number of likely N-dealkylation sites (tertiary alicyclic amines) is 1. The highest BCUT2D eigenvalue weighted by atomic mass is 35.5. The Kier molecular flexibility index (Phi) is 5.62. The Morgan fingerprint density at radius 2 is 1.92 bits per heavy atom. The van der Waals surface area contributed by atoms with Crippen molar-refractivity contribution >= 4 is 23.4 Å². The summed E-state index contributed by atoms with van der Waals surface area (Å²) in [7, 11) is 0. The molecule has 4 nitrogen and oxygen atoms in total. The zero-order valence-electron chi connectivity index (χ0n) is 15.1. The van der Waals surface area contributed by atoms with Gasteiger partial charge in [0.25, 0.3) is 5.91 Å². The molecule has 2 aromatic carbocycles. The Labute approximate surface area is 159 Å². The van der Waals surface area contributed by atoms with Gasteiger partial charge in [0.15, 0.2) is 0 Å². The molecule has 0 aliphatic carbocycles. The second-order valence-electron chi connectivity index (χ2n) is 6.75. The molecular weight excluding hydrogens is 348 g/mol. The summed E-state index contributed by atoms with van der Waals surface area (Å²) in [6.07, 6.45) is 1.93. The van der Waals surface area contributed by atoms with Crippen LogP contribution in [0.5, 0.6) is 0 Å². The van der Waals surface area contributed by atoms with Crippen molar-refractivity contribution in [2.75, 3.05) is 13.1 Å². The van der Waals surface area contributed by atoms with Gasteiger partial charge in [0.05, 0.1) is 23.2 Å². The summed E-state index contributed by atoms with van der Waals surface area (Å²) in [6, 6.07) is 13.3. The maximum absolute atomic E-state index is 12.7. The molecule has 0 aromatic heterocycles. The van der Waals surface area contributed by atoms with Crippen molar-refractivity contribution in [2.45, 2.75) is 32.7 Å². The van der Waals surface area contributed by atoms with E-state index in [1.165, 1.54) is 11.1 Å². The van der Waals surface area contributed by atoms with Crippen LogP contribution in [0, 0.1) is 13.8 Å². The quantitative estimate of drug-likeness (QED) is 0.882. The van der Waals surface area contributed by atoms with Crippen LogP contribution in [-0.2, 0) is 4.79 Å². The highest BCUT2D eigenvalue weighted by Gasteiger charge is 2.30. The summed E-state index contributed by atoms with van der Waals surface area (Å²) < 4.78 is 0. The number of nitrogens with zero attached hydrogens (tertiary/aromatic N) is 1. The number of hydrogen-bond donors (Lipinski definition) is 1. The lowest BCUT2D eigenvalue weighted by atomic mass is 9.99. The number of rotatable bonds is 4. The molecule has 0 saturated carbocycles. The Hall–Kier alpha value is -2.33. The number of hydrogen-bond acceptors (Lipinski definition) is 2. The van der Waals surface area contributed by atoms with Crippen molar-refractivity contribution in [3.8, 4) is 0 Å². The predicted octanol–water partition coefficient (Wildman–Crippen LogP) is 4.05. The van der Waals surface area contributed by atoms with E-state index in [0.717, 1.165) is 24.9 Å². The lowest BCUT2D eigenvalue weighted by Crippen LogP contribution is -2.39. The fourth-order valence-corrected chi connectivity index (χ4v) is 3.60. The lowest BCUT2D eigenvalue weighted by molar-refractivity contribution is -0.131. The zero-order valence-corrected chi connectivity index (χ0v) is 15.8. The van der Waals surface area contributed by atoms with Gasteiger partial charge in [0.1, 0.15) is 0 Å². The smallest absolute Gasteiger partial charge is 0.253 e. The minimum atomic E-state index is -0.328. The topological polar surface area (TPSA) is 49.4 Å². The van der Waals surface area contributed by atoms with E-state index in [4.69, 9.17) is 11.6 Å². The number of aryl methyl sites for hydroxylation is 2. The fourth-order valence-electron chi connectivity index (χ4n) is 3.38. The normalized spacial score (nSPS) is 16.6. The standard InChI is InChI=1S/C21H23ClN2O2/c1-14-9-10-16(12-15(14)2)19-8-5-11-24(19)20(25)13-23-21(26)17-6-3-4-7-18(17)22/h3-4,6-7,9-10,12,19H,5,8,11,13H2,1-2H3,(H,23,26). The SMILES string of the molecule is Cc1ccc(C2CCCN2C(=O)CNC(=O)c2ccccc2Cl)cc1C. The monoisotopic (exact) mass is 370 g/mol. The average Bonchev–Trinajstić information content (AvgIpc) is 3.12. The van der Waals surface area contributed by atoms with Gasteiger partial charge in [0.2, 0.25) is 5.91 Å². The summed E-state index contributed by atoms with van der Waals surface area (Å²) in [5.74, 6) is -0.392. The molecule has 1 N–H and O–H groups in total. The minimum Gasteiger partial charge on any atom is -0.343 e. The molecule has 0 bridgehead atoms. The van der Waals surface area contributed by atoms with Crippen LogP contribution < -0.4 is 5.32 Å². The van der Waals surface area contributed by atoms with Crippen molar-refractivity contribution < 1.29 is 9.59 Å². The molecule has 2 amide bonds. The minimum absolute atomic E-state index is 0.0224. The maximum Gasteiger partial charge on any atom is 0.253 e. The Morgan fingerprint density at radius 3 is 2.65 bits per heavy atom. The summed E-state index contributed by atoms with van der Waals surface area (Å²) in [6.45, 7) is 4.87. The van der Waals surface area contributed by atoms with Gasteiger partial charge < -0.3 is 10.2 Å². The highest BCUT2D eigenvalue weighted by Crippen LogP contribution is 2.32. The number of carbonyl (C=O) groups excluding carboxylic acids is 2. The first kappa shape index (κ1) is 18.5. The largest absolute Gasteiger partial charge is 0.343 e. The van der Waals surface area contributed by atoms with Gasteiger partial charge in [-0.05, 0) is 55.5 Å². The first-order chi connectivity index (χ1) is 12.5. The van der Waals surface area contributed by atoms with E-state index in [0.29, 0.717) is 10.6 Å². The first-order valence-electron chi connectivity index (χ1n) is 8.86. The van der Waals surface area contributed by atoms with E-state index in [1.807, 2.05) is 4.90 Å². The van der Waals surface area contributed by atoms with Gasteiger partial charge in [-0.3, -0.25) is 9.59 Å². The second kappa shape index (κ2) is 7.92. The van der Waals surface area contributed by atoms with Crippen LogP contribution in [0.4, 0.5) is 0 Å². The lowest BCUT2D eigenvalue weighted by Gasteiger charge is -2.26. The van der Waals surface area contributed by atoms with Crippen molar-refractivity contribution in [2.24, 2.45) is 0 Å². The molecule has 2 aromatic rings. The number of carbonyl (C=O) groups is 2. The van der Waals surface area contributed by atoms with Gasteiger partial charge >= 0.3 is 0 Å². The molecule has 1 heterocycles. The number of nitrogens with one attached hydrogen (secondary N) is 1. The Balaban J connectivity index is 1.66. The van der Waals surface area contributed by atoms with Crippen LogP contribution in [0.25, 0.3) is 0 Å². The number of benzene rings is 2. The molecule has 5 heteroatoms. The molecule has 1 atom stereocenters. The molecule has 3 rings (SSSR count). The van der Waals surface area contributed by atoms with Crippen molar-refractivity contribution in [1.82, 2.24) is 10.2 Å². The molecule has 26 heavy (non-hydrogen) atoms. The van der Waals surface area contributed by atoms with Gasteiger partial charge in [-0.25, -0.2) is 0 Å². The van der Waals surface area contributed by atoms with Crippen LogP contribution >= 0.6 is 11.6 Å². The number of halogens is 1. The van der Waals surface area contributed by atoms with Gasteiger partial charge in [-0.2, -0.15) is 0 Å². The van der Waals surface area contributed by atoms with Crippen molar-refractivity contribution in [3.63, 3.8) is 0 Å². The average molecular weight is 371 g/mol. The third kappa shape index (κ3) is 3.91. The molecule has 1 unspecified atom stereocenters. The van der Waals surface area contributed by atoms with E-state index in [1.54, 1.807) is 24.3 Å². The highest BCUT2D eigenvalue weighted by molar-refractivity contribution is 6.33. The van der Waals surface area contributed by atoms with Crippen LogP contribution in [-0.4, -0.2) is 29.8 Å². The second-order valence-corrected chi connectivity index (χ2v) is 7.16. The number of amides is 2. The van der Waals surface area contributed by atoms with Gasteiger partial charge in [-0.15, -0.1) is 0 Å².